The Balaban J connectivity index is 1.70. The van der Waals surface area contributed by atoms with Crippen LogP contribution in [0.1, 0.15) is 16.1 Å². The molecular weight excluding hydrogens is 345 g/mol. The van der Waals surface area contributed by atoms with Gasteiger partial charge in [0.2, 0.25) is 0 Å². The summed E-state index contributed by atoms with van der Waals surface area (Å²) >= 11 is 0. The van der Waals surface area contributed by atoms with Crippen LogP contribution in [0, 0.1) is 17.5 Å². The summed E-state index contributed by atoms with van der Waals surface area (Å²) < 4.78 is 40.1. The first-order valence-corrected chi connectivity index (χ1v) is 7.58. The lowest BCUT2D eigenvalue weighted by Crippen LogP contribution is -2.16. The number of carbonyl (C=O) groups excluding carboxylic acids is 1. The number of nitrogens with zero attached hydrogens (tertiary/aromatic N) is 2. The summed E-state index contributed by atoms with van der Waals surface area (Å²) in [6, 6.07) is 10.5. The Labute approximate surface area is 146 Å². The molecule has 0 fully saturated rings. The standard InChI is InChI=1S/C18H13F3N4O/c19-12-6-4-11(5-7-12)9-22-16-8-15(23-10-24-16)18(26)25-17-13(20)2-1-3-14(17)21/h1-8,10H,9H2,(H,25,26)(H,22,23,24). The molecule has 0 spiro atoms. The van der Waals surface area contributed by atoms with Crippen LogP contribution in [0.5, 0.6) is 0 Å². The predicted molar refractivity (Wildman–Crippen MR) is 90.1 cm³/mol. The Morgan fingerprint density at radius 2 is 1.65 bits per heavy atom. The maximum Gasteiger partial charge on any atom is 0.274 e. The van der Waals surface area contributed by atoms with Crippen molar-refractivity contribution in [2.45, 2.75) is 6.54 Å². The number of hydrogen-bond acceptors (Lipinski definition) is 4. The molecule has 0 aliphatic carbocycles. The Morgan fingerprint density at radius 3 is 2.35 bits per heavy atom. The molecule has 0 unspecified atom stereocenters. The molecular formula is C18H13F3N4O. The smallest absolute Gasteiger partial charge is 0.274 e. The Morgan fingerprint density at radius 1 is 0.962 bits per heavy atom. The van der Waals surface area contributed by atoms with Crippen LogP contribution in [0.4, 0.5) is 24.7 Å². The molecule has 1 heterocycles. The van der Waals surface area contributed by atoms with Crippen LogP contribution in [0.15, 0.2) is 54.9 Å². The largest absolute Gasteiger partial charge is 0.366 e. The number of para-hydroxylation sites is 1. The van der Waals surface area contributed by atoms with Gasteiger partial charge >= 0.3 is 0 Å². The van der Waals surface area contributed by atoms with Gasteiger partial charge in [-0.15, -0.1) is 0 Å². The maximum absolute atomic E-state index is 13.6. The van der Waals surface area contributed by atoms with Crippen molar-refractivity contribution in [1.29, 1.82) is 0 Å². The van der Waals surface area contributed by atoms with E-state index in [9.17, 15) is 18.0 Å². The summed E-state index contributed by atoms with van der Waals surface area (Å²) in [4.78, 5) is 20.0. The van der Waals surface area contributed by atoms with Crippen LogP contribution in [-0.4, -0.2) is 15.9 Å². The molecule has 0 aliphatic rings. The van der Waals surface area contributed by atoms with Crippen molar-refractivity contribution in [3.63, 3.8) is 0 Å². The van der Waals surface area contributed by atoms with Gasteiger partial charge in [0.15, 0.2) is 0 Å². The third-order valence-corrected chi connectivity index (χ3v) is 3.49. The quantitative estimate of drug-likeness (QED) is 0.729. The SMILES string of the molecule is O=C(Nc1c(F)cccc1F)c1cc(NCc2ccc(F)cc2)ncn1. The zero-order valence-corrected chi connectivity index (χ0v) is 13.3. The molecule has 0 saturated heterocycles. The summed E-state index contributed by atoms with van der Waals surface area (Å²) in [6.07, 6.45) is 1.15. The molecule has 0 saturated carbocycles. The molecule has 3 rings (SSSR count). The van der Waals surface area contributed by atoms with E-state index in [1.165, 1.54) is 24.3 Å². The summed E-state index contributed by atoms with van der Waals surface area (Å²) in [7, 11) is 0. The van der Waals surface area contributed by atoms with Crippen molar-refractivity contribution in [3.05, 3.63) is 83.6 Å². The van der Waals surface area contributed by atoms with Crippen LogP contribution in [-0.2, 0) is 6.54 Å². The van der Waals surface area contributed by atoms with E-state index in [-0.39, 0.29) is 11.5 Å². The van der Waals surface area contributed by atoms with Crippen molar-refractivity contribution in [2.75, 3.05) is 10.6 Å². The average Bonchev–Trinajstić information content (AvgIpc) is 2.64. The van der Waals surface area contributed by atoms with Gasteiger partial charge in [-0.2, -0.15) is 0 Å². The number of nitrogens with one attached hydrogen (secondary N) is 2. The first-order valence-electron chi connectivity index (χ1n) is 7.58. The van der Waals surface area contributed by atoms with Crippen molar-refractivity contribution >= 4 is 17.4 Å². The molecule has 8 heteroatoms. The van der Waals surface area contributed by atoms with Crippen LogP contribution in [0.3, 0.4) is 0 Å². The van der Waals surface area contributed by atoms with Crippen LogP contribution in [0.25, 0.3) is 0 Å². The molecule has 1 aromatic heterocycles. The molecule has 5 nitrogen and oxygen atoms in total. The number of benzene rings is 2. The van der Waals surface area contributed by atoms with E-state index in [0.29, 0.717) is 12.4 Å². The summed E-state index contributed by atoms with van der Waals surface area (Å²) in [5, 5.41) is 5.11. The second-order valence-corrected chi connectivity index (χ2v) is 5.32. The summed E-state index contributed by atoms with van der Waals surface area (Å²) in [5.74, 6) is -2.55. The minimum Gasteiger partial charge on any atom is -0.366 e. The van der Waals surface area contributed by atoms with Gasteiger partial charge < -0.3 is 10.6 Å². The van der Waals surface area contributed by atoms with E-state index < -0.39 is 23.2 Å². The third-order valence-electron chi connectivity index (χ3n) is 3.49. The fourth-order valence-electron chi connectivity index (χ4n) is 2.17. The van der Waals surface area contributed by atoms with Gasteiger partial charge in [-0.05, 0) is 29.8 Å². The third kappa shape index (κ3) is 4.15. The fourth-order valence-corrected chi connectivity index (χ4v) is 2.17. The maximum atomic E-state index is 13.6. The number of amides is 1. The fraction of sp³-hybridized carbons (Fsp3) is 0.0556. The normalized spacial score (nSPS) is 10.4. The highest BCUT2D eigenvalue weighted by molar-refractivity contribution is 6.03. The van der Waals surface area contributed by atoms with Gasteiger partial charge in [-0.25, -0.2) is 23.1 Å². The van der Waals surface area contributed by atoms with Crippen LogP contribution in [0.2, 0.25) is 0 Å². The van der Waals surface area contributed by atoms with E-state index in [2.05, 4.69) is 20.6 Å². The summed E-state index contributed by atoms with van der Waals surface area (Å²) in [5.41, 5.74) is 0.200. The highest BCUT2D eigenvalue weighted by Crippen LogP contribution is 2.19. The van der Waals surface area contributed by atoms with Crippen molar-refractivity contribution < 1.29 is 18.0 Å². The summed E-state index contributed by atoms with van der Waals surface area (Å²) in [6.45, 7) is 0.348. The predicted octanol–water partition coefficient (Wildman–Crippen LogP) is 3.76. The van der Waals surface area contributed by atoms with Crippen LogP contribution >= 0.6 is 0 Å². The van der Waals surface area contributed by atoms with Gasteiger partial charge in [0.1, 0.15) is 41.0 Å². The number of anilines is 2. The van der Waals surface area contributed by atoms with Crippen molar-refractivity contribution in [3.8, 4) is 0 Å². The zero-order chi connectivity index (χ0) is 18.5. The zero-order valence-electron chi connectivity index (χ0n) is 13.3. The Hall–Kier alpha value is -3.42. The van der Waals surface area contributed by atoms with Gasteiger partial charge in [0, 0.05) is 12.6 Å². The van der Waals surface area contributed by atoms with Crippen LogP contribution < -0.4 is 10.6 Å². The van der Waals surface area contributed by atoms with Gasteiger partial charge in [-0.3, -0.25) is 4.79 Å². The number of carbonyl (C=O) groups is 1. The lowest BCUT2D eigenvalue weighted by Gasteiger charge is -2.09. The number of hydrogen-bond donors (Lipinski definition) is 2. The van der Waals surface area contributed by atoms with E-state index in [1.807, 2.05) is 0 Å². The number of halogens is 3. The molecule has 0 atom stereocenters. The molecule has 2 N–H and O–H groups in total. The molecule has 0 radical (unpaired) electrons. The molecule has 26 heavy (non-hydrogen) atoms. The second-order valence-electron chi connectivity index (χ2n) is 5.32. The van der Waals surface area contributed by atoms with E-state index in [0.717, 1.165) is 24.0 Å². The lowest BCUT2D eigenvalue weighted by molar-refractivity contribution is 0.102. The minimum atomic E-state index is -0.887. The van der Waals surface area contributed by atoms with Crippen molar-refractivity contribution in [2.24, 2.45) is 0 Å². The average molecular weight is 358 g/mol. The molecule has 3 aromatic rings. The van der Waals surface area contributed by atoms with Gasteiger partial charge in [0.05, 0.1) is 0 Å². The first kappa shape index (κ1) is 17.4. The number of aromatic nitrogens is 2. The highest BCUT2D eigenvalue weighted by atomic mass is 19.1. The molecule has 2 aromatic carbocycles. The Bertz CT molecular complexity index is 912. The minimum absolute atomic E-state index is 0.0655. The van der Waals surface area contributed by atoms with Gasteiger partial charge in [0.25, 0.3) is 5.91 Å². The highest BCUT2D eigenvalue weighted by Gasteiger charge is 2.15. The molecule has 0 bridgehead atoms. The lowest BCUT2D eigenvalue weighted by atomic mass is 10.2. The first-order chi connectivity index (χ1) is 12.5. The second kappa shape index (κ2) is 7.64. The van der Waals surface area contributed by atoms with E-state index >= 15 is 0 Å². The Kier molecular flexibility index (Phi) is 5.12. The molecule has 1 amide bonds. The molecule has 132 valence electrons. The van der Waals surface area contributed by atoms with Gasteiger partial charge in [-0.1, -0.05) is 18.2 Å². The number of rotatable bonds is 5. The topological polar surface area (TPSA) is 66.9 Å². The molecule has 0 aliphatic heterocycles. The van der Waals surface area contributed by atoms with Crippen molar-refractivity contribution in [1.82, 2.24) is 9.97 Å². The monoisotopic (exact) mass is 358 g/mol. The van der Waals surface area contributed by atoms with E-state index in [4.69, 9.17) is 0 Å². The van der Waals surface area contributed by atoms with E-state index in [1.54, 1.807) is 12.1 Å².